The van der Waals surface area contributed by atoms with Crippen LogP contribution in [0.25, 0.3) is 0 Å². The van der Waals surface area contributed by atoms with Crippen LogP contribution < -0.4 is 0 Å². The van der Waals surface area contributed by atoms with Crippen molar-refractivity contribution in [1.82, 2.24) is 0 Å². The fraction of sp³-hybridized carbons (Fsp3) is 0.571. The third-order valence-electron chi connectivity index (χ3n) is 2.95. The molecule has 0 heterocycles. The quantitative estimate of drug-likeness (QED) is 0.326. The summed E-state index contributed by atoms with van der Waals surface area (Å²) in [6.45, 7) is 2.29. The Morgan fingerprint density at radius 1 is 1.18 bits per heavy atom. The van der Waals surface area contributed by atoms with Crippen molar-refractivity contribution in [3.05, 3.63) is 30.3 Å². The zero-order valence-electron chi connectivity index (χ0n) is 10.7. The summed E-state index contributed by atoms with van der Waals surface area (Å²) in [6, 6.07) is 10.7. The molecule has 1 atom stereocenters. The summed E-state index contributed by atoms with van der Waals surface area (Å²) < 4.78 is 1.02. The summed E-state index contributed by atoms with van der Waals surface area (Å²) >= 11 is 5.79. The van der Waals surface area contributed by atoms with Crippen molar-refractivity contribution >= 4 is 42.8 Å². The SMILES string of the molecule is CCCC[CH](CCCSc1ccccc1)[Mg][Br]. The Labute approximate surface area is 126 Å². The Bertz CT molecular complexity index is 279. The lowest BCUT2D eigenvalue weighted by Crippen LogP contribution is -1.98. The molecule has 0 amide bonds. The molecule has 0 spiro atoms. The molecule has 1 aromatic rings. The van der Waals surface area contributed by atoms with Gasteiger partial charge in [-0.2, -0.15) is 0 Å². The maximum absolute atomic E-state index is 3.78. The van der Waals surface area contributed by atoms with Crippen LogP contribution >= 0.6 is 24.6 Å². The standard InChI is InChI=1S/C14H21S.BrH.Mg/c1-2-3-4-5-6-10-13-15-14-11-8-7-9-12-14;;/h5,7-9,11-12H,2-4,6,10,13H2,1H3;1H;/q;;+1/p-1. The predicted molar refractivity (Wildman–Crippen MR) is 84.4 cm³/mol. The zero-order chi connectivity index (χ0) is 12.3. The van der Waals surface area contributed by atoms with Crippen LogP contribution in [-0.2, 0) is 0 Å². The molecule has 0 saturated carbocycles. The van der Waals surface area contributed by atoms with Crippen LogP contribution in [0.4, 0.5) is 0 Å². The highest BCUT2D eigenvalue weighted by Gasteiger charge is 2.09. The van der Waals surface area contributed by atoms with Crippen molar-refractivity contribution in [3.8, 4) is 0 Å². The third-order valence-corrected chi connectivity index (χ3v) is 8.05. The number of hydrogen-bond acceptors (Lipinski definition) is 1. The summed E-state index contributed by atoms with van der Waals surface area (Å²) in [5, 5.41) is 0. The van der Waals surface area contributed by atoms with Gasteiger partial charge in [-0.1, -0.05) is 50.8 Å². The van der Waals surface area contributed by atoms with Crippen molar-refractivity contribution in [2.24, 2.45) is 0 Å². The number of rotatable bonds is 9. The van der Waals surface area contributed by atoms with Gasteiger partial charge in [0.1, 0.15) is 0 Å². The first-order chi connectivity index (χ1) is 8.36. The highest BCUT2D eigenvalue weighted by Crippen LogP contribution is 2.25. The predicted octanol–water partition coefficient (Wildman–Crippen LogP) is 5.55. The highest BCUT2D eigenvalue weighted by atomic mass is 79.9. The number of benzene rings is 1. The van der Waals surface area contributed by atoms with E-state index < -0.39 is 0 Å². The summed E-state index contributed by atoms with van der Waals surface area (Å²) in [7, 11) is 0. The lowest BCUT2D eigenvalue weighted by atomic mass is 10.1. The molecule has 3 heteroatoms. The van der Waals surface area contributed by atoms with Gasteiger partial charge in [0.25, 0.3) is 0 Å². The minimum Gasteiger partial charge on any atom is -0.306 e. The molecule has 0 saturated heterocycles. The number of unbranched alkanes of at least 4 members (excludes halogenated alkanes) is 1. The van der Waals surface area contributed by atoms with Crippen LogP contribution in [0.2, 0.25) is 4.05 Å². The van der Waals surface area contributed by atoms with Crippen LogP contribution in [0.15, 0.2) is 35.2 Å². The molecule has 0 aliphatic rings. The second-order valence-electron chi connectivity index (χ2n) is 4.47. The molecule has 1 rings (SSSR count). The van der Waals surface area contributed by atoms with Crippen molar-refractivity contribution < 1.29 is 0 Å². The van der Waals surface area contributed by atoms with Gasteiger partial charge in [-0.15, -0.1) is 15.8 Å². The molecule has 0 aliphatic heterocycles. The number of hydrogen-bond donors (Lipinski definition) is 0. The molecule has 92 valence electrons. The van der Waals surface area contributed by atoms with Crippen LogP contribution in [0.5, 0.6) is 0 Å². The van der Waals surface area contributed by atoms with E-state index >= 15 is 0 Å². The van der Waals surface area contributed by atoms with E-state index in [1.54, 1.807) is 0 Å². The average molecular weight is 326 g/mol. The molecule has 0 fully saturated rings. The fourth-order valence-corrected chi connectivity index (χ4v) is 5.59. The summed E-state index contributed by atoms with van der Waals surface area (Å²) in [4.78, 5) is 1.41. The van der Waals surface area contributed by atoms with E-state index in [0.29, 0.717) is 0 Å². The second kappa shape index (κ2) is 10.7. The molecule has 0 aliphatic carbocycles. The first kappa shape index (κ1) is 15.9. The normalized spacial score (nSPS) is 12.1. The van der Waals surface area contributed by atoms with E-state index in [-0.39, 0.29) is 18.2 Å². The van der Waals surface area contributed by atoms with Crippen molar-refractivity contribution in [1.29, 1.82) is 0 Å². The maximum atomic E-state index is 3.78. The Balaban J connectivity index is 2.10. The van der Waals surface area contributed by atoms with Gasteiger partial charge < -0.3 is 12.9 Å². The molecule has 0 radical (unpaired) electrons. The monoisotopic (exact) mass is 324 g/mol. The Morgan fingerprint density at radius 3 is 2.53 bits per heavy atom. The lowest BCUT2D eigenvalue weighted by Gasteiger charge is -2.12. The van der Waals surface area contributed by atoms with Crippen molar-refractivity contribution in [2.75, 3.05) is 5.75 Å². The van der Waals surface area contributed by atoms with Crippen LogP contribution in [0, 0.1) is 0 Å². The molecular formula is C14H21BrMgS. The summed E-state index contributed by atoms with van der Waals surface area (Å²) in [5.74, 6) is 1.27. The van der Waals surface area contributed by atoms with E-state index in [2.05, 4.69) is 50.1 Å². The van der Waals surface area contributed by atoms with Gasteiger partial charge in [0.2, 0.25) is 0 Å². The van der Waals surface area contributed by atoms with Gasteiger partial charge in [0.15, 0.2) is 0 Å². The molecule has 0 nitrogen and oxygen atoms in total. The maximum Gasteiger partial charge on any atom is 0.471 e. The first-order valence-corrected chi connectivity index (χ1v) is 12.3. The van der Waals surface area contributed by atoms with Crippen molar-refractivity contribution in [2.45, 2.75) is 48.0 Å². The Hall–Kier alpha value is 0.816. The largest absolute Gasteiger partial charge is 0.471 e. The van der Waals surface area contributed by atoms with E-state index in [9.17, 15) is 0 Å². The molecular weight excluding hydrogens is 304 g/mol. The Morgan fingerprint density at radius 2 is 1.88 bits per heavy atom. The van der Waals surface area contributed by atoms with Crippen LogP contribution in [0.1, 0.15) is 39.0 Å². The molecule has 17 heavy (non-hydrogen) atoms. The van der Waals surface area contributed by atoms with E-state index in [1.165, 1.54) is 42.8 Å². The molecule has 0 aromatic heterocycles. The van der Waals surface area contributed by atoms with Gasteiger partial charge in [-0.05, 0) is 24.3 Å². The van der Waals surface area contributed by atoms with Gasteiger partial charge in [0.05, 0.1) is 0 Å². The summed E-state index contributed by atoms with van der Waals surface area (Å²) in [6.07, 6.45) is 7.00. The topological polar surface area (TPSA) is 0 Å². The van der Waals surface area contributed by atoms with E-state index in [1.807, 2.05) is 11.8 Å². The van der Waals surface area contributed by atoms with E-state index in [0.717, 1.165) is 4.05 Å². The minimum atomic E-state index is 0.0201. The minimum absolute atomic E-state index is 0.0201. The van der Waals surface area contributed by atoms with Gasteiger partial charge >= 0.3 is 18.2 Å². The smallest absolute Gasteiger partial charge is 0.306 e. The average Bonchev–Trinajstić information content (AvgIpc) is 2.39. The summed E-state index contributed by atoms with van der Waals surface area (Å²) in [5.41, 5.74) is 0. The molecule has 0 bridgehead atoms. The zero-order valence-corrected chi connectivity index (χ0v) is 14.5. The lowest BCUT2D eigenvalue weighted by molar-refractivity contribution is 0.625. The van der Waals surface area contributed by atoms with Crippen LogP contribution in [-0.4, -0.2) is 23.9 Å². The molecule has 1 aromatic carbocycles. The van der Waals surface area contributed by atoms with Gasteiger partial charge in [0, 0.05) is 4.90 Å². The van der Waals surface area contributed by atoms with Crippen LogP contribution in [0.3, 0.4) is 0 Å². The molecule has 1 unspecified atom stereocenters. The molecule has 0 N–H and O–H groups in total. The first-order valence-electron chi connectivity index (χ1n) is 6.60. The second-order valence-corrected chi connectivity index (χ2v) is 9.04. The Kier molecular flexibility index (Phi) is 10.0. The fourth-order valence-electron chi connectivity index (χ4n) is 1.87. The van der Waals surface area contributed by atoms with Gasteiger partial charge in [-0.25, -0.2) is 0 Å². The third kappa shape index (κ3) is 7.76. The van der Waals surface area contributed by atoms with Crippen molar-refractivity contribution in [3.63, 3.8) is 0 Å². The highest BCUT2D eigenvalue weighted by molar-refractivity contribution is 9.23. The van der Waals surface area contributed by atoms with E-state index in [4.69, 9.17) is 0 Å². The number of halogens is 1. The number of thioether (sulfide) groups is 1. The van der Waals surface area contributed by atoms with Gasteiger partial charge in [-0.3, -0.25) is 0 Å².